The fourth-order valence-electron chi connectivity index (χ4n) is 6.77. The lowest BCUT2D eigenvalue weighted by Gasteiger charge is -2.33. The summed E-state index contributed by atoms with van der Waals surface area (Å²) in [6.07, 6.45) is 3.72. The van der Waals surface area contributed by atoms with Crippen molar-refractivity contribution >= 4 is 0 Å². The first-order chi connectivity index (χ1) is 22.0. The number of fused-ring (bicyclic) bond motifs is 3. The lowest BCUT2D eigenvalue weighted by molar-refractivity contribution is 0.481. The molecule has 0 N–H and O–H groups in total. The van der Waals surface area contributed by atoms with Crippen LogP contribution in [0.15, 0.2) is 134 Å². The lowest BCUT2D eigenvalue weighted by atomic mass is 9.69. The molecule has 0 radical (unpaired) electrons. The van der Waals surface area contributed by atoms with Gasteiger partial charge in [-0.2, -0.15) is 0 Å². The smallest absolute Gasteiger partial charge is 0.128 e. The number of ether oxygens (including phenoxy) is 1. The molecule has 0 unspecified atom stereocenters. The van der Waals surface area contributed by atoms with Crippen molar-refractivity contribution in [1.29, 1.82) is 0 Å². The maximum atomic E-state index is 6.58. The van der Waals surface area contributed by atoms with Gasteiger partial charge in [0.2, 0.25) is 0 Å². The Morgan fingerprint density at radius 2 is 1.11 bits per heavy atom. The van der Waals surface area contributed by atoms with Crippen LogP contribution in [0.5, 0.6) is 11.5 Å². The van der Waals surface area contributed by atoms with Gasteiger partial charge in [-0.1, -0.05) is 114 Å². The van der Waals surface area contributed by atoms with E-state index in [2.05, 4.69) is 119 Å². The van der Waals surface area contributed by atoms with Gasteiger partial charge < -0.3 is 4.74 Å². The Kier molecular flexibility index (Phi) is 7.16. The summed E-state index contributed by atoms with van der Waals surface area (Å²) in [7, 11) is 0. The van der Waals surface area contributed by atoms with E-state index in [1.165, 1.54) is 33.4 Å². The van der Waals surface area contributed by atoms with Crippen molar-refractivity contribution < 1.29 is 4.74 Å². The third-order valence-electron chi connectivity index (χ3n) is 9.22. The van der Waals surface area contributed by atoms with E-state index >= 15 is 0 Å². The van der Waals surface area contributed by atoms with Crippen LogP contribution in [0.3, 0.4) is 0 Å². The molecule has 4 aromatic carbocycles. The van der Waals surface area contributed by atoms with Gasteiger partial charge in [0.05, 0.1) is 16.8 Å². The zero-order valence-corrected chi connectivity index (χ0v) is 27.5. The van der Waals surface area contributed by atoms with E-state index in [-0.39, 0.29) is 10.8 Å². The second-order valence-corrected chi connectivity index (χ2v) is 14.4. The van der Waals surface area contributed by atoms with Crippen LogP contribution >= 0.6 is 0 Å². The summed E-state index contributed by atoms with van der Waals surface area (Å²) in [5.74, 6) is 1.54. The van der Waals surface area contributed by atoms with Crippen LogP contribution in [-0.4, -0.2) is 9.97 Å². The highest BCUT2D eigenvalue weighted by molar-refractivity contribution is 5.87. The number of hydrogen-bond acceptors (Lipinski definition) is 3. The number of nitrogens with zero attached hydrogens (tertiary/aromatic N) is 2. The van der Waals surface area contributed by atoms with E-state index in [1.807, 2.05) is 60.9 Å². The van der Waals surface area contributed by atoms with Crippen LogP contribution < -0.4 is 4.74 Å². The predicted octanol–water partition coefficient (Wildman–Crippen LogP) is 10.9. The molecule has 3 heteroatoms. The number of rotatable bonds is 5. The van der Waals surface area contributed by atoms with Crippen LogP contribution in [0.1, 0.15) is 75.1 Å². The molecule has 6 aromatic rings. The maximum Gasteiger partial charge on any atom is 0.128 e. The number of hydrogen-bond donors (Lipinski definition) is 0. The second-order valence-electron chi connectivity index (χ2n) is 14.4. The van der Waals surface area contributed by atoms with E-state index in [9.17, 15) is 0 Å². The molecule has 0 saturated carbocycles. The molecule has 0 spiro atoms. The minimum atomic E-state index is -0.617. The summed E-state index contributed by atoms with van der Waals surface area (Å²) in [6.45, 7) is 13.7. The van der Waals surface area contributed by atoms with Crippen LogP contribution in [0, 0.1) is 0 Å². The van der Waals surface area contributed by atoms with Crippen LogP contribution in [0.25, 0.3) is 22.4 Å². The molecule has 0 atom stereocenters. The monoisotopic (exact) mass is 600 g/mol. The van der Waals surface area contributed by atoms with E-state index < -0.39 is 5.41 Å². The highest BCUT2D eigenvalue weighted by Gasteiger charge is 2.48. The zero-order chi connectivity index (χ0) is 32.1. The number of benzene rings is 4. The molecular formula is C43H40N2O. The molecule has 46 heavy (non-hydrogen) atoms. The maximum absolute atomic E-state index is 6.58. The van der Waals surface area contributed by atoms with Crippen molar-refractivity contribution in [3.8, 4) is 33.9 Å². The van der Waals surface area contributed by atoms with Crippen molar-refractivity contribution in [3.05, 3.63) is 167 Å². The first-order valence-electron chi connectivity index (χ1n) is 16.1. The van der Waals surface area contributed by atoms with E-state index in [0.717, 1.165) is 34.0 Å². The SMILES string of the molecule is CC(C)(C)c1ccc2c(c1)-c1cc(C(C)(C)C)ccc1C2(c1cccc(Oc2cccc(-c3ccccn3)c2)c1)c1ccccn1. The van der Waals surface area contributed by atoms with Crippen molar-refractivity contribution in [3.63, 3.8) is 0 Å². The average molecular weight is 601 g/mol. The van der Waals surface area contributed by atoms with Gasteiger partial charge in [0.15, 0.2) is 0 Å². The summed E-state index contributed by atoms with van der Waals surface area (Å²) in [5, 5.41) is 0. The molecule has 0 amide bonds. The molecule has 1 aliphatic carbocycles. The highest BCUT2D eigenvalue weighted by Crippen LogP contribution is 2.57. The van der Waals surface area contributed by atoms with Crippen molar-refractivity contribution in [2.24, 2.45) is 0 Å². The van der Waals surface area contributed by atoms with E-state index in [0.29, 0.717) is 0 Å². The Morgan fingerprint density at radius 1 is 0.522 bits per heavy atom. The fraction of sp³-hybridized carbons (Fsp3) is 0.209. The molecule has 2 heterocycles. The third-order valence-corrected chi connectivity index (χ3v) is 9.22. The minimum absolute atomic E-state index is 0.0185. The molecule has 0 saturated heterocycles. The van der Waals surface area contributed by atoms with Gasteiger partial charge in [-0.05, 0) is 98.3 Å². The van der Waals surface area contributed by atoms with Crippen LogP contribution in [0.4, 0.5) is 0 Å². The molecule has 0 fully saturated rings. The van der Waals surface area contributed by atoms with Crippen molar-refractivity contribution in [1.82, 2.24) is 9.97 Å². The van der Waals surface area contributed by atoms with Gasteiger partial charge in [0, 0.05) is 18.0 Å². The standard InChI is InChI=1S/C43H40N2O/c1-41(2,3)30-19-21-37-35(27-30)36-28-31(42(4,5)6)20-22-38(36)43(37,40-18-8-10-24-45-40)32-14-12-16-34(26-32)46-33-15-11-13-29(25-33)39-17-7-9-23-44-39/h7-28H,1-6H3. The first kappa shape index (κ1) is 29.7. The Morgan fingerprint density at radius 3 is 1.67 bits per heavy atom. The Hall–Kier alpha value is -5.02. The Labute approximate surface area is 273 Å². The van der Waals surface area contributed by atoms with Gasteiger partial charge in [-0.25, -0.2) is 0 Å². The number of aromatic nitrogens is 2. The van der Waals surface area contributed by atoms with Crippen molar-refractivity contribution in [2.75, 3.05) is 0 Å². The second kappa shape index (κ2) is 11.1. The van der Waals surface area contributed by atoms with Gasteiger partial charge in [0.25, 0.3) is 0 Å². The largest absolute Gasteiger partial charge is 0.457 e. The van der Waals surface area contributed by atoms with E-state index in [4.69, 9.17) is 9.72 Å². The van der Waals surface area contributed by atoms with Crippen LogP contribution in [0.2, 0.25) is 0 Å². The summed E-state index contributed by atoms with van der Waals surface area (Å²) in [4.78, 5) is 9.59. The molecule has 3 nitrogen and oxygen atoms in total. The molecule has 1 aliphatic rings. The molecule has 2 aromatic heterocycles. The predicted molar refractivity (Wildman–Crippen MR) is 189 cm³/mol. The average Bonchev–Trinajstić information content (AvgIpc) is 3.35. The molecule has 228 valence electrons. The van der Waals surface area contributed by atoms with E-state index in [1.54, 1.807) is 0 Å². The quantitative estimate of drug-likeness (QED) is 0.197. The molecule has 7 rings (SSSR count). The van der Waals surface area contributed by atoms with Crippen LogP contribution in [-0.2, 0) is 16.2 Å². The molecular weight excluding hydrogens is 560 g/mol. The lowest BCUT2D eigenvalue weighted by Crippen LogP contribution is -2.30. The first-order valence-corrected chi connectivity index (χ1v) is 16.1. The summed E-state index contributed by atoms with van der Waals surface area (Å²) >= 11 is 0. The van der Waals surface area contributed by atoms with Crippen molar-refractivity contribution in [2.45, 2.75) is 57.8 Å². The fourth-order valence-corrected chi connectivity index (χ4v) is 6.77. The summed E-state index contributed by atoms with van der Waals surface area (Å²) in [6, 6.07) is 43.0. The van der Waals surface area contributed by atoms with Gasteiger partial charge in [-0.3, -0.25) is 9.97 Å². The minimum Gasteiger partial charge on any atom is -0.457 e. The number of pyridine rings is 2. The topological polar surface area (TPSA) is 35.0 Å². The third kappa shape index (κ3) is 5.10. The highest BCUT2D eigenvalue weighted by atomic mass is 16.5. The Balaban J connectivity index is 1.44. The Bertz CT molecular complexity index is 1970. The summed E-state index contributed by atoms with van der Waals surface area (Å²) < 4.78 is 6.58. The zero-order valence-electron chi connectivity index (χ0n) is 27.5. The normalized spacial score (nSPS) is 13.6. The molecule has 0 bridgehead atoms. The summed E-state index contributed by atoms with van der Waals surface area (Å²) in [5.41, 5.74) is 11.1. The van der Waals surface area contributed by atoms with Gasteiger partial charge in [0.1, 0.15) is 11.5 Å². The van der Waals surface area contributed by atoms with Gasteiger partial charge >= 0.3 is 0 Å². The van der Waals surface area contributed by atoms with Gasteiger partial charge in [-0.15, -0.1) is 0 Å². The molecule has 0 aliphatic heterocycles.